The van der Waals surface area contributed by atoms with Crippen molar-refractivity contribution in [3.8, 4) is 0 Å². The van der Waals surface area contributed by atoms with E-state index >= 15 is 0 Å². The minimum absolute atomic E-state index is 0.112. The van der Waals surface area contributed by atoms with Crippen LogP contribution < -0.4 is 5.32 Å². The van der Waals surface area contributed by atoms with E-state index in [0.717, 1.165) is 5.56 Å². The second-order valence-corrected chi connectivity index (χ2v) is 5.80. The van der Waals surface area contributed by atoms with E-state index in [1.54, 1.807) is 17.0 Å². The zero-order chi connectivity index (χ0) is 17.1. The Labute approximate surface area is 138 Å². The van der Waals surface area contributed by atoms with Gasteiger partial charge in [-0.3, -0.25) is 9.59 Å². The first-order valence-electron chi connectivity index (χ1n) is 7.60. The van der Waals surface area contributed by atoms with Crippen molar-refractivity contribution in [2.24, 2.45) is 5.92 Å². The Hall–Kier alpha value is -2.76. The molecule has 0 unspecified atom stereocenters. The molecule has 1 saturated heterocycles. The largest absolute Gasteiger partial charge is 0.338 e. The summed E-state index contributed by atoms with van der Waals surface area (Å²) in [7, 11) is 0. The molecule has 1 aliphatic rings. The van der Waals surface area contributed by atoms with E-state index in [1.807, 2.05) is 0 Å². The number of hydrogen-bond donors (Lipinski definition) is 1. The molecule has 6 heteroatoms. The van der Waals surface area contributed by atoms with Gasteiger partial charge in [-0.2, -0.15) is 0 Å². The van der Waals surface area contributed by atoms with Gasteiger partial charge in [-0.15, -0.1) is 0 Å². The van der Waals surface area contributed by atoms with Crippen molar-refractivity contribution in [2.75, 3.05) is 11.9 Å². The predicted molar refractivity (Wildman–Crippen MR) is 85.0 cm³/mol. The molecule has 1 atom stereocenters. The van der Waals surface area contributed by atoms with Crippen LogP contribution in [0.5, 0.6) is 0 Å². The lowest BCUT2D eigenvalue weighted by molar-refractivity contribution is -0.128. The van der Waals surface area contributed by atoms with Crippen molar-refractivity contribution in [3.05, 3.63) is 65.7 Å². The summed E-state index contributed by atoms with van der Waals surface area (Å²) in [6.45, 7) is 0.655. The SMILES string of the molecule is O=C(Nc1ccc(F)cc1)[C@H]1CC(=O)N(Cc2ccc(F)cc2)C1. The minimum atomic E-state index is -0.456. The van der Waals surface area contributed by atoms with Gasteiger partial charge in [0, 0.05) is 25.2 Å². The number of likely N-dealkylation sites (tertiary alicyclic amines) is 1. The van der Waals surface area contributed by atoms with Gasteiger partial charge in [0.05, 0.1) is 5.92 Å². The van der Waals surface area contributed by atoms with Crippen LogP contribution in [0.1, 0.15) is 12.0 Å². The number of rotatable bonds is 4. The maximum Gasteiger partial charge on any atom is 0.229 e. The lowest BCUT2D eigenvalue weighted by Gasteiger charge is -2.16. The Morgan fingerprint density at radius 2 is 1.62 bits per heavy atom. The molecule has 1 aliphatic heterocycles. The summed E-state index contributed by atoms with van der Waals surface area (Å²) >= 11 is 0. The third kappa shape index (κ3) is 3.76. The Kier molecular flexibility index (Phi) is 4.55. The van der Waals surface area contributed by atoms with Crippen LogP contribution in [0.15, 0.2) is 48.5 Å². The van der Waals surface area contributed by atoms with Crippen LogP contribution in [-0.4, -0.2) is 23.3 Å². The highest BCUT2D eigenvalue weighted by atomic mass is 19.1. The Morgan fingerprint density at radius 3 is 2.25 bits per heavy atom. The van der Waals surface area contributed by atoms with Crippen LogP contribution in [0.2, 0.25) is 0 Å². The van der Waals surface area contributed by atoms with Crippen molar-refractivity contribution in [3.63, 3.8) is 0 Å². The zero-order valence-electron chi connectivity index (χ0n) is 12.8. The molecular weight excluding hydrogens is 314 g/mol. The van der Waals surface area contributed by atoms with Gasteiger partial charge < -0.3 is 10.2 Å². The number of benzene rings is 2. The summed E-state index contributed by atoms with van der Waals surface area (Å²) in [4.78, 5) is 25.9. The Bertz CT molecular complexity index is 745. The molecule has 2 amide bonds. The van der Waals surface area contributed by atoms with E-state index in [-0.39, 0.29) is 29.9 Å². The Morgan fingerprint density at radius 1 is 1.04 bits per heavy atom. The fourth-order valence-electron chi connectivity index (χ4n) is 2.69. The van der Waals surface area contributed by atoms with Crippen molar-refractivity contribution < 1.29 is 18.4 Å². The quantitative estimate of drug-likeness (QED) is 0.937. The van der Waals surface area contributed by atoms with E-state index in [0.29, 0.717) is 18.8 Å². The fourth-order valence-corrected chi connectivity index (χ4v) is 2.69. The zero-order valence-corrected chi connectivity index (χ0v) is 12.8. The number of hydrogen-bond acceptors (Lipinski definition) is 2. The second kappa shape index (κ2) is 6.78. The summed E-state index contributed by atoms with van der Waals surface area (Å²) < 4.78 is 25.8. The van der Waals surface area contributed by atoms with Crippen LogP contribution in [0, 0.1) is 17.6 Å². The second-order valence-electron chi connectivity index (χ2n) is 5.80. The van der Waals surface area contributed by atoms with Crippen molar-refractivity contribution >= 4 is 17.5 Å². The molecule has 3 rings (SSSR count). The lowest BCUT2D eigenvalue weighted by Crippen LogP contribution is -2.28. The molecule has 0 bridgehead atoms. The van der Waals surface area contributed by atoms with Crippen LogP contribution in [-0.2, 0) is 16.1 Å². The molecular formula is C18H16F2N2O2. The first kappa shape index (κ1) is 16.1. The normalized spacial score (nSPS) is 17.2. The van der Waals surface area contributed by atoms with Gasteiger partial charge in [-0.05, 0) is 42.0 Å². The maximum absolute atomic E-state index is 12.9. The number of halogens is 2. The van der Waals surface area contributed by atoms with Gasteiger partial charge in [0.15, 0.2) is 0 Å². The summed E-state index contributed by atoms with van der Waals surface area (Å²) in [5.74, 6) is -1.55. The third-order valence-corrected chi connectivity index (χ3v) is 3.98. The molecule has 1 heterocycles. The highest BCUT2D eigenvalue weighted by Crippen LogP contribution is 2.22. The van der Waals surface area contributed by atoms with Crippen LogP contribution >= 0.6 is 0 Å². The number of carbonyl (C=O) groups is 2. The van der Waals surface area contributed by atoms with E-state index in [2.05, 4.69) is 5.32 Å². The first-order chi connectivity index (χ1) is 11.5. The van der Waals surface area contributed by atoms with Crippen molar-refractivity contribution in [2.45, 2.75) is 13.0 Å². The molecule has 2 aromatic rings. The number of nitrogens with one attached hydrogen (secondary N) is 1. The van der Waals surface area contributed by atoms with Gasteiger partial charge >= 0.3 is 0 Å². The molecule has 1 fully saturated rings. The number of carbonyl (C=O) groups excluding carboxylic acids is 2. The van der Waals surface area contributed by atoms with Gasteiger partial charge in [0.1, 0.15) is 11.6 Å². The highest BCUT2D eigenvalue weighted by Gasteiger charge is 2.34. The van der Waals surface area contributed by atoms with E-state index in [4.69, 9.17) is 0 Å². The molecule has 2 aromatic carbocycles. The molecule has 0 radical (unpaired) electrons. The van der Waals surface area contributed by atoms with Crippen LogP contribution in [0.25, 0.3) is 0 Å². The van der Waals surface area contributed by atoms with E-state index < -0.39 is 5.92 Å². The first-order valence-corrected chi connectivity index (χ1v) is 7.60. The number of anilines is 1. The van der Waals surface area contributed by atoms with Crippen molar-refractivity contribution in [1.29, 1.82) is 0 Å². The van der Waals surface area contributed by atoms with Crippen LogP contribution in [0.4, 0.5) is 14.5 Å². The molecule has 0 spiro atoms. The monoisotopic (exact) mass is 330 g/mol. The van der Waals surface area contributed by atoms with Gasteiger partial charge in [-0.1, -0.05) is 12.1 Å². The third-order valence-electron chi connectivity index (χ3n) is 3.98. The summed E-state index contributed by atoms with van der Waals surface area (Å²) in [6.07, 6.45) is 0.133. The predicted octanol–water partition coefficient (Wildman–Crippen LogP) is 2.95. The number of nitrogens with zero attached hydrogens (tertiary/aromatic N) is 1. The Balaban J connectivity index is 1.60. The number of amides is 2. The molecule has 0 aliphatic carbocycles. The van der Waals surface area contributed by atoms with Gasteiger partial charge in [0.25, 0.3) is 0 Å². The average molecular weight is 330 g/mol. The van der Waals surface area contributed by atoms with Gasteiger partial charge in [-0.25, -0.2) is 8.78 Å². The summed E-state index contributed by atoms with van der Waals surface area (Å²) in [5, 5.41) is 2.69. The molecule has 0 aromatic heterocycles. The highest BCUT2D eigenvalue weighted by molar-refractivity contribution is 5.97. The molecule has 4 nitrogen and oxygen atoms in total. The van der Waals surface area contributed by atoms with Gasteiger partial charge in [0.2, 0.25) is 11.8 Å². The van der Waals surface area contributed by atoms with Crippen LogP contribution in [0.3, 0.4) is 0 Å². The average Bonchev–Trinajstić information content (AvgIpc) is 2.93. The molecule has 0 saturated carbocycles. The smallest absolute Gasteiger partial charge is 0.229 e. The fraction of sp³-hybridized carbons (Fsp3) is 0.222. The molecule has 1 N–H and O–H groups in total. The molecule has 24 heavy (non-hydrogen) atoms. The van der Waals surface area contributed by atoms with E-state index in [9.17, 15) is 18.4 Å². The van der Waals surface area contributed by atoms with E-state index in [1.165, 1.54) is 36.4 Å². The maximum atomic E-state index is 12.9. The molecule has 124 valence electrons. The standard InChI is InChI=1S/C18H16F2N2O2/c19-14-3-1-12(2-4-14)10-22-11-13(9-17(22)23)18(24)21-16-7-5-15(20)6-8-16/h1-8,13H,9-11H2,(H,21,24)/t13-/m0/s1. The topological polar surface area (TPSA) is 49.4 Å². The summed E-state index contributed by atoms with van der Waals surface area (Å²) in [5.41, 5.74) is 1.30. The summed E-state index contributed by atoms with van der Waals surface area (Å²) in [6, 6.07) is 11.4. The minimum Gasteiger partial charge on any atom is -0.338 e. The lowest BCUT2D eigenvalue weighted by atomic mass is 10.1. The van der Waals surface area contributed by atoms with Crippen molar-refractivity contribution in [1.82, 2.24) is 4.90 Å².